The Hall–Kier alpha value is -2.50. The Balaban J connectivity index is 2.21. The van der Waals surface area contributed by atoms with E-state index in [0.29, 0.717) is 11.5 Å². The maximum Gasteiger partial charge on any atom is 0.226 e. The van der Waals surface area contributed by atoms with Crippen LogP contribution in [0.5, 0.6) is 0 Å². The molecule has 0 aromatic carbocycles. The molecule has 1 aliphatic heterocycles. The van der Waals surface area contributed by atoms with Crippen molar-refractivity contribution in [2.75, 3.05) is 5.32 Å². The number of hydrogen-bond donors (Lipinski definition) is 1. The lowest BCUT2D eigenvalue weighted by molar-refractivity contribution is -0.114. The highest BCUT2D eigenvalue weighted by Crippen LogP contribution is 2.33. The highest BCUT2D eigenvalue weighted by atomic mass is 16.1. The van der Waals surface area contributed by atoms with Gasteiger partial charge in [0.1, 0.15) is 12.4 Å². The number of rotatable bonds is 2. The largest absolute Gasteiger partial charge is 0.328 e. The first-order valence-electron chi connectivity index (χ1n) is 5.97. The van der Waals surface area contributed by atoms with Gasteiger partial charge in [0.25, 0.3) is 0 Å². The van der Waals surface area contributed by atoms with Gasteiger partial charge >= 0.3 is 0 Å². The van der Waals surface area contributed by atoms with E-state index < -0.39 is 0 Å². The third-order valence-corrected chi connectivity index (χ3v) is 3.14. The number of pyridine rings is 1. The lowest BCUT2D eigenvalue weighted by atomic mass is 9.96. The van der Waals surface area contributed by atoms with Crippen molar-refractivity contribution in [1.29, 1.82) is 0 Å². The minimum atomic E-state index is -0.322. The van der Waals surface area contributed by atoms with E-state index in [1.165, 1.54) is 6.33 Å². The number of Topliss-reactive ketones (excluding diaryl/α,β-unsaturated/α-hetero) is 1. The van der Waals surface area contributed by atoms with E-state index in [0.717, 1.165) is 11.4 Å². The molecule has 0 spiro atoms. The summed E-state index contributed by atoms with van der Waals surface area (Å²) in [5, 5.41) is 7.29. The van der Waals surface area contributed by atoms with Crippen LogP contribution < -0.4 is 5.32 Å². The van der Waals surface area contributed by atoms with Crippen LogP contribution >= 0.6 is 0 Å². The molecule has 19 heavy (non-hydrogen) atoms. The van der Waals surface area contributed by atoms with Crippen molar-refractivity contribution in [1.82, 2.24) is 19.7 Å². The molecule has 1 atom stereocenters. The van der Waals surface area contributed by atoms with E-state index in [1.807, 2.05) is 25.1 Å². The summed E-state index contributed by atoms with van der Waals surface area (Å²) < 4.78 is 1.69. The third kappa shape index (κ3) is 1.81. The fourth-order valence-electron chi connectivity index (χ4n) is 2.36. The summed E-state index contributed by atoms with van der Waals surface area (Å²) in [6.07, 6.45) is 3.18. The second-order valence-electron chi connectivity index (χ2n) is 4.41. The maximum atomic E-state index is 11.9. The summed E-state index contributed by atoms with van der Waals surface area (Å²) in [7, 11) is 0. The van der Waals surface area contributed by atoms with Crippen molar-refractivity contribution in [3.63, 3.8) is 0 Å². The van der Waals surface area contributed by atoms with Crippen LogP contribution in [0.3, 0.4) is 0 Å². The molecule has 96 valence electrons. The highest BCUT2D eigenvalue weighted by Gasteiger charge is 2.32. The smallest absolute Gasteiger partial charge is 0.226 e. The Morgan fingerprint density at radius 3 is 2.89 bits per heavy atom. The minimum Gasteiger partial charge on any atom is -0.328 e. The Bertz CT molecular complexity index is 659. The van der Waals surface area contributed by atoms with E-state index in [9.17, 15) is 4.79 Å². The zero-order valence-corrected chi connectivity index (χ0v) is 10.7. The van der Waals surface area contributed by atoms with Crippen LogP contribution in [0, 0.1) is 0 Å². The van der Waals surface area contributed by atoms with Crippen LogP contribution in [0.15, 0.2) is 42.0 Å². The Kier molecular flexibility index (Phi) is 2.63. The number of anilines is 1. The van der Waals surface area contributed by atoms with Gasteiger partial charge in [-0.1, -0.05) is 6.07 Å². The molecule has 0 saturated heterocycles. The van der Waals surface area contributed by atoms with E-state index >= 15 is 0 Å². The average Bonchev–Trinajstić information content (AvgIpc) is 2.85. The molecule has 0 fully saturated rings. The zero-order chi connectivity index (χ0) is 13.4. The molecule has 1 N–H and O–H groups in total. The summed E-state index contributed by atoms with van der Waals surface area (Å²) in [6.45, 7) is 3.42. The van der Waals surface area contributed by atoms with Gasteiger partial charge in [-0.2, -0.15) is 10.1 Å². The number of allylic oxidation sites excluding steroid dienone is 2. The van der Waals surface area contributed by atoms with Crippen LogP contribution in [-0.2, 0) is 4.79 Å². The summed E-state index contributed by atoms with van der Waals surface area (Å²) in [5.41, 5.74) is 2.24. The third-order valence-electron chi connectivity index (χ3n) is 3.14. The van der Waals surface area contributed by atoms with Crippen molar-refractivity contribution < 1.29 is 4.79 Å². The predicted molar refractivity (Wildman–Crippen MR) is 69.4 cm³/mol. The van der Waals surface area contributed by atoms with Crippen LogP contribution in [0.25, 0.3) is 0 Å². The molecule has 0 aliphatic carbocycles. The standard InChI is InChI=1S/C13H13N5O/c1-8-11(9(2)19)12(10-5-3-4-6-14-10)18-13(17-8)15-7-16-18/h3-7,12H,1-2H3,(H,15,16,17). The van der Waals surface area contributed by atoms with Gasteiger partial charge in [0.05, 0.1) is 5.69 Å². The summed E-state index contributed by atoms with van der Waals surface area (Å²) in [4.78, 5) is 20.4. The van der Waals surface area contributed by atoms with E-state index in [4.69, 9.17) is 0 Å². The van der Waals surface area contributed by atoms with Gasteiger partial charge in [0, 0.05) is 17.5 Å². The maximum absolute atomic E-state index is 11.9. The van der Waals surface area contributed by atoms with E-state index in [-0.39, 0.29) is 11.8 Å². The first-order chi connectivity index (χ1) is 9.18. The van der Waals surface area contributed by atoms with Crippen LogP contribution in [0.2, 0.25) is 0 Å². The Morgan fingerprint density at radius 1 is 1.37 bits per heavy atom. The molecule has 2 aromatic heterocycles. The number of carbonyl (C=O) groups excluding carboxylic acids is 1. The van der Waals surface area contributed by atoms with Gasteiger partial charge in [-0.3, -0.25) is 9.78 Å². The molecule has 3 heterocycles. The van der Waals surface area contributed by atoms with E-state index in [2.05, 4.69) is 20.4 Å². The number of nitrogens with one attached hydrogen (secondary N) is 1. The molecule has 0 saturated carbocycles. The molecule has 0 amide bonds. The molecule has 1 unspecified atom stereocenters. The Morgan fingerprint density at radius 2 is 2.21 bits per heavy atom. The predicted octanol–water partition coefficient (Wildman–Crippen LogP) is 1.55. The fraction of sp³-hybridized carbons (Fsp3) is 0.231. The van der Waals surface area contributed by atoms with Crippen molar-refractivity contribution >= 4 is 11.7 Å². The van der Waals surface area contributed by atoms with Gasteiger partial charge in [-0.25, -0.2) is 4.68 Å². The first kappa shape index (κ1) is 11.6. The molecule has 6 nitrogen and oxygen atoms in total. The molecule has 6 heteroatoms. The number of carbonyl (C=O) groups is 1. The lowest BCUT2D eigenvalue weighted by Crippen LogP contribution is -2.28. The molecule has 3 rings (SSSR count). The Labute approximate surface area is 110 Å². The second-order valence-corrected chi connectivity index (χ2v) is 4.41. The molecular weight excluding hydrogens is 242 g/mol. The highest BCUT2D eigenvalue weighted by molar-refractivity contribution is 5.96. The molecule has 0 radical (unpaired) electrons. The van der Waals surface area contributed by atoms with Gasteiger partial charge in [0.15, 0.2) is 5.78 Å². The SMILES string of the molecule is CC(=O)C1=C(C)Nc2ncnn2C1c1ccccn1. The molecule has 0 bridgehead atoms. The molecular formula is C13H13N5O. The lowest BCUT2D eigenvalue weighted by Gasteiger charge is -2.27. The van der Waals surface area contributed by atoms with Crippen LogP contribution in [0.4, 0.5) is 5.95 Å². The van der Waals surface area contributed by atoms with Gasteiger partial charge in [0.2, 0.25) is 5.95 Å². The zero-order valence-electron chi connectivity index (χ0n) is 10.7. The normalized spacial score (nSPS) is 17.9. The number of fused-ring (bicyclic) bond motifs is 1. The van der Waals surface area contributed by atoms with Crippen LogP contribution in [-0.4, -0.2) is 25.5 Å². The summed E-state index contributed by atoms with van der Waals surface area (Å²) in [6, 6.07) is 5.31. The van der Waals surface area contributed by atoms with E-state index in [1.54, 1.807) is 17.8 Å². The van der Waals surface area contributed by atoms with Gasteiger partial charge in [-0.15, -0.1) is 0 Å². The fourth-order valence-corrected chi connectivity index (χ4v) is 2.36. The first-order valence-corrected chi connectivity index (χ1v) is 5.97. The van der Waals surface area contributed by atoms with Gasteiger partial charge < -0.3 is 5.32 Å². The summed E-state index contributed by atoms with van der Waals surface area (Å²) >= 11 is 0. The number of ketones is 1. The van der Waals surface area contributed by atoms with Crippen molar-refractivity contribution in [2.45, 2.75) is 19.9 Å². The van der Waals surface area contributed by atoms with Crippen molar-refractivity contribution in [3.05, 3.63) is 47.7 Å². The number of hydrogen-bond acceptors (Lipinski definition) is 5. The number of nitrogens with zero attached hydrogens (tertiary/aromatic N) is 4. The van der Waals surface area contributed by atoms with Crippen molar-refractivity contribution in [2.24, 2.45) is 0 Å². The minimum absolute atomic E-state index is 0.00167. The topological polar surface area (TPSA) is 72.7 Å². The molecule has 1 aliphatic rings. The van der Waals surface area contributed by atoms with Crippen LogP contribution in [0.1, 0.15) is 25.6 Å². The van der Waals surface area contributed by atoms with Gasteiger partial charge in [-0.05, 0) is 26.0 Å². The quantitative estimate of drug-likeness (QED) is 0.881. The monoisotopic (exact) mass is 255 g/mol. The average molecular weight is 255 g/mol. The van der Waals surface area contributed by atoms with Crippen molar-refractivity contribution in [3.8, 4) is 0 Å². The number of aromatic nitrogens is 4. The molecule has 2 aromatic rings. The second kappa shape index (κ2) is 4.31. The summed E-state index contributed by atoms with van der Waals surface area (Å²) in [5.74, 6) is 0.625.